The zero-order chi connectivity index (χ0) is 12.5. The van der Waals surface area contributed by atoms with Crippen LogP contribution in [0.4, 0.5) is 27.8 Å². The highest BCUT2D eigenvalue weighted by Crippen LogP contribution is 2.37. The molecule has 9 heteroatoms. The van der Waals surface area contributed by atoms with Gasteiger partial charge >= 0.3 is 6.36 Å². The molecule has 0 unspecified atom stereocenters. The summed E-state index contributed by atoms with van der Waals surface area (Å²) in [6.07, 6.45) is -7.66. The molecule has 0 atom stereocenters. The third-order valence-electron chi connectivity index (χ3n) is 1.49. The second-order valence-corrected chi connectivity index (χ2v) is 3.66. The molecular weight excluding hydrogens is 350 g/mol. The number of nitrogens with two attached hydrogens (primary N) is 1. The summed E-state index contributed by atoms with van der Waals surface area (Å²) in [4.78, 5) is 3.32. The van der Waals surface area contributed by atoms with E-state index < -0.39 is 24.1 Å². The Kier molecular flexibility index (Phi) is 3.76. The minimum Gasteiger partial charge on any atom is -0.404 e. The second kappa shape index (κ2) is 4.55. The lowest BCUT2D eigenvalue weighted by Crippen LogP contribution is -2.19. The van der Waals surface area contributed by atoms with Crippen LogP contribution in [0, 0.1) is 3.57 Å². The minimum absolute atomic E-state index is 0.255. The summed E-state index contributed by atoms with van der Waals surface area (Å²) in [6.45, 7) is 0. The molecule has 0 aliphatic rings. The first-order valence-corrected chi connectivity index (χ1v) is 4.78. The van der Waals surface area contributed by atoms with Gasteiger partial charge in [0.15, 0.2) is 5.75 Å². The predicted molar refractivity (Wildman–Crippen MR) is 53.0 cm³/mol. The van der Waals surface area contributed by atoms with Crippen molar-refractivity contribution in [3.63, 3.8) is 0 Å². The molecule has 0 aliphatic heterocycles. The van der Waals surface area contributed by atoms with Crippen LogP contribution in [0.3, 0.4) is 0 Å². The molecule has 0 radical (unpaired) electrons. The number of rotatable bonds is 2. The summed E-state index contributed by atoms with van der Waals surface area (Å²) >= 11 is 1.38. The number of hydrogen-bond donors (Lipinski definition) is 1. The van der Waals surface area contributed by atoms with Crippen molar-refractivity contribution in [3.8, 4) is 5.75 Å². The Morgan fingerprint density at radius 2 is 1.94 bits per heavy atom. The Hall–Kier alpha value is -0.870. The first-order valence-electron chi connectivity index (χ1n) is 3.70. The molecule has 0 spiro atoms. The number of pyridine rings is 1. The maximum Gasteiger partial charge on any atom is 0.573 e. The van der Waals surface area contributed by atoms with Gasteiger partial charge in [-0.05, 0) is 22.6 Å². The normalized spacial score (nSPS) is 11.9. The largest absolute Gasteiger partial charge is 0.573 e. The van der Waals surface area contributed by atoms with Gasteiger partial charge in [-0.3, -0.25) is 0 Å². The van der Waals surface area contributed by atoms with Crippen LogP contribution in [-0.4, -0.2) is 11.3 Å². The monoisotopic (exact) mass is 354 g/mol. The molecule has 1 heterocycles. The Bertz CT molecular complexity index is 395. The Labute approximate surface area is 99.9 Å². The van der Waals surface area contributed by atoms with Gasteiger partial charge < -0.3 is 10.5 Å². The van der Waals surface area contributed by atoms with Gasteiger partial charge in [0.1, 0.15) is 5.82 Å². The van der Waals surface area contributed by atoms with E-state index in [-0.39, 0.29) is 9.39 Å². The maximum absolute atomic E-state index is 12.5. The highest BCUT2D eigenvalue weighted by Gasteiger charge is 2.34. The molecule has 0 bridgehead atoms. The zero-order valence-corrected chi connectivity index (χ0v) is 9.51. The van der Waals surface area contributed by atoms with E-state index in [1.165, 1.54) is 22.6 Å². The van der Waals surface area contributed by atoms with E-state index in [4.69, 9.17) is 5.73 Å². The number of nitrogens with zero attached hydrogens (tertiary/aromatic N) is 1. The average Bonchev–Trinajstić information content (AvgIpc) is 2.08. The molecule has 1 rings (SSSR count). The van der Waals surface area contributed by atoms with Crippen LogP contribution in [-0.2, 0) is 0 Å². The lowest BCUT2D eigenvalue weighted by atomic mass is 10.2. The SMILES string of the molecule is Nc1ncc(OC(F)(F)F)c(C(F)F)c1I. The summed E-state index contributed by atoms with van der Waals surface area (Å²) in [5.74, 6) is -1.31. The summed E-state index contributed by atoms with van der Waals surface area (Å²) in [6, 6.07) is 0. The standard InChI is InChI=1S/C7H4F5IN2O/c8-5(9)3-2(16-7(10,11)12)1-15-6(14)4(3)13/h1,5H,(H2,14,15). The first-order chi connectivity index (χ1) is 7.22. The fourth-order valence-electron chi connectivity index (χ4n) is 0.910. The number of hydrogen-bond acceptors (Lipinski definition) is 3. The van der Waals surface area contributed by atoms with Crippen molar-refractivity contribution >= 4 is 28.4 Å². The number of nitrogen functional groups attached to an aromatic ring is 1. The van der Waals surface area contributed by atoms with Gasteiger partial charge in [-0.15, -0.1) is 13.2 Å². The molecule has 16 heavy (non-hydrogen) atoms. The van der Waals surface area contributed by atoms with Crippen molar-refractivity contribution in [1.82, 2.24) is 4.98 Å². The number of ether oxygens (including phenoxy) is 1. The highest BCUT2D eigenvalue weighted by atomic mass is 127. The molecular formula is C7H4F5IN2O. The molecule has 0 amide bonds. The van der Waals surface area contributed by atoms with Crippen LogP contribution >= 0.6 is 22.6 Å². The Morgan fingerprint density at radius 3 is 2.38 bits per heavy atom. The van der Waals surface area contributed by atoms with E-state index >= 15 is 0 Å². The van der Waals surface area contributed by atoms with Crippen LogP contribution in [0.1, 0.15) is 12.0 Å². The molecule has 1 aromatic rings. The van der Waals surface area contributed by atoms with Crippen molar-refractivity contribution in [2.75, 3.05) is 5.73 Å². The molecule has 90 valence electrons. The first kappa shape index (κ1) is 13.2. The van der Waals surface area contributed by atoms with Gasteiger partial charge in [-0.25, -0.2) is 13.8 Å². The van der Waals surface area contributed by atoms with Crippen LogP contribution in [0.2, 0.25) is 0 Å². The van der Waals surface area contributed by atoms with Crippen LogP contribution in [0.15, 0.2) is 6.20 Å². The van der Waals surface area contributed by atoms with Gasteiger partial charge in [-0.2, -0.15) is 0 Å². The van der Waals surface area contributed by atoms with Gasteiger partial charge in [0, 0.05) is 0 Å². The maximum atomic E-state index is 12.5. The molecule has 0 saturated heterocycles. The average molecular weight is 354 g/mol. The van der Waals surface area contributed by atoms with E-state index in [2.05, 4.69) is 9.72 Å². The lowest BCUT2D eigenvalue weighted by Gasteiger charge is -2.14. The number of anilines is 1. The fourth-order valence-corrected chi connectivity index (χ4v) is 1.55. The van der Waals surface area contributed by atoms with Crippen LogP contribution in [0.5, 0.6) is 5.75 Å². The van der Waals surface area contributed by atoms with E-state index in [1.54, 1.807) is 0 Å². The van der Waals surface area contributed by atoms with Crippen molar-refractivity contribution in [2.45, 2.75) is 12.8 Å². The van der Waals surface area contributed by atoms with Gasteiger partial charge in [0.2, 0.25) is 0 Å². The smallest absolute Gasteiger partial charge is 0.404 e. The molecule has 0 aliphatic carbocycles. The summed E-state index contributed by atoms with van der Waals surface area (Å²) in [7, 11) is 0. The lowest BCUT2D eigenvalue weighted by molar-refractivity contribution is -0.275. The molecule has 0 aromatic carbocycles. The third kappa shape index (κ3) is 3.06. The van der Waals surface area contributed by atoms with Crippen LogP contribution in [0.25, 0.3) is 0 Å². The van der Waals surface area contributed by atoms with Gasteiger partial charge in [0.25, 0.3) is 6.43 Å². The number of alkyl halides is 5. The van der Waals surface area contributed by atoms with Crippen molar-refractivity contribution in [3.05, 3.63) is 15.3 Å². The summed E-state index contributed by atoms with van der Waals surface area (Å²) in [5.41, 5.74) is 4.29. The Morgan fingerprint density at radius 1 is 1.38 bits per heavy atom. The summed E-state index contributed by atoms with van der Waals surface area (Å²) in [5, 5.41) is 0. The van der Waals surface area contributed by atoms with Crippen molar-refractivity contribution in [1.29, 1.82) is 0 Å². The second-order valence-electron chi connectivity index (χ2n) is 2.58. The van der Waals surface area contributed by atoms with Gasteiger partial charge in [-0.1, -0.05) is 0 Å². The highest BCUT2D eigenvalue weighted by molar-refractivity contribution is 14.1. The molecule has 2 N–H and O–H groups in total. The molecule has 3 nitrogen and oxygen atoms in total. The number of aromatic nitrogens is 1. The fraction of sp³-hybridized carbons (Fsp3) is 0.286. The summed E-state index contributed by atoms with van der Waals surface area (Å²) < 4.78 is 63.9. The van der Waals surface area contributed by atoms with Crippen molar-refractivity contribution in [2.24, 2.45) is 0 Å². The predicted octanol–water partition coefficient (Wildman–Crippen LogP) is 3.10. The van der Waals surface area contributed by atoms with E-state index in [9.17, 15) is 22.0 Å². The topological polar surface area (TPSA) is 48.1 Å². The van der Waals surface area contributed by atoms with E-state index in [0.717, 1.165) is 0 Å². The Balaban J connectivity index is 3.24. The van der Waals surface area contributed by atoms with E-state index in [1.807, 2.05) is 0 Å². The third-order valence-corrected chi connectivity index (χ3v) is 2.63. The zero-order valence-electron chi connectivity index (χ0n) is 7.36. The van der Waals surface area contributed by atoms with Crippen molar-refractivity contribution < 1.29 is 26.7 Å². The van der Waals surface area contributed by atoms with Gasteiger partial charge in [0.05, 0.1) is 15.3 Å². The molecule has 0 saturated carbocycles. The molecule has 1 aromatic heterocycles. The quantitative estimate of drug-likeness (QED) is 0.656. The minimum atomic E-state index is -5.05. The molecule has 0 fully saturated rings. The van der Waals surface area contributed by atoms with Crippen LogP contribution < -0.4 is 10.5 Å². The number of halogens is 6. The van der Waals surface area contributed by atoms with E-state index in [0.29, 0.717) is 6.20 Å².